The fraction of sp³-hybridized carbons (Fsp3) is 0.500. The SMILES string of the molecule is Fc1cccc(CNC2CCCOC2)c1Cl. The Kier molecular flexibility index (Phi) is 4.16. The second kappa shape index (κ2) is 5.62. The Balaban J connectivity index is 1.91. The fourth-order valence-electron chi connectivity index (χ4n) is 1.84. The van der Waals surface area contributed by atoms with Gasteiger partial charge in [-0.1, -0.05) is 23.7 Å². The van der Waals surface area contributed by atoms with Crippen molar-refractivity contribution in [3.63, 3.8) is 0 Å². The summed E-state index contributed by atoms with van der Waals surface area (Å²) < 4.78 is 18.5. The highest BCUT2D eigenvalue weighted by Gasteiger charge is 2.14. The summed E-state index contributed by atoms with van der Waals surface area (Å²) in [5.74, 6) is -0.360. The molecule has 0 aromatic heterocycles. The average Bonchev–Trinajstić information content (AvgIpc) is 2.32. The molecular formula is C12H15ClFNO. The first kappa shape index (κ1) is 11.8. The summed E-state index contributed by atoms with van der Waals surface area (Å²) in [6.07, 6.45) is 2.18. The lowest BCUT2D eigenvalue weighted by Crippen LogP contribution is -2.36. The highest BCUT2D eigenvalue weighted by Crippen LogP contribution is 2.19. The molecule has 0 spiro atoms. The first-order valence-corrected chi connectivity index (χ1v) is 5.89. The summed E-state index contributed by atoms with van der Waals surface area (Å²) in [4.78, 5) is 0. The van der Waals surface area contributed by atoms with Gasteiger partial charge in [0.05, 0.1) is 11.6 Å². The lowest BCUT2D eigenvalue weighted by atomic mass is 10.1. The van der Waals surface area contributed by atoms with Crippen molar-refractivity contribution < 1.29 is 9.13 Å². The molecule has 88 valence electrons. The summed E-state index contributed by atoms with van der Waals surface area (Å²) >= 11 is 5.86. The topological polar surface area (TPSA) is 21.3 Å². The van der Waals surface area contributed by atoms with Crippen molar-refractivity contribution in [3.05, 3.63) is 34.6 Å². The van der Waals surface area contributed by atoms with Crippen LogP contribution in [0.2, 0.25) is 5.02 Å². The lowest BCUT2D eigenvalue weighted by molar-refractivity contribution is 0.0699. The van der Waals surface area contributed by atoms with Crippen LogP contribution in [0.15, 0.2) is 18.2 Å². The Morgan fingerprint density at radius 1 is 1.50 bits per heavy atom. The third-order valence-electron chi connectivity index (χ3n) is 2.77. The van der Waals surface area contributed by atoms with Gasteiger partial charge in [0.1, 0.15) is 5.82 Å². The van der Waals surface area contributed by atoms with E-state index in [-0.39, 0.29) is 10.8 Å². The molecule has 1 unspecified atom stereocenters. The van der Waals surface area contributed by atoms with Gasteiger partial charge in [0, 0.05) is 19.2 Å². The Morgan fingerprint density at radius 2 is 2.38 bits per heavy atom. The summed E-state index contributed by atoms with van der Waals surface area (Å²) in [5, 5.41) is 3.54. The predicted octanol–water partition coefficient (Wildman–Crippen LogP) is 2.75. The molecule has 1 saturated heterocycles. The van der Waals surface area contributed by atoms with Gasteiger partial charge in [-0.3, -0.25) is 0 Å². The molecular weight excluding hydrogens is 229 g/mol. The fourth-order valence-corrected chi connectivity index (χ4v) is 2.03. The first-order valence-electron chi connectivity index (χ1n) is 5.51. The van der Waals surface area contributed by atoms with Crippen molar-refractivity contribution in [2.75, 3.05) is 13.2 Å². The van der Waals surface area contributed by atoms with Gasteiger partial charge in [-0.05, 0) is 24.5 Å². The van der Waals surface area contributed by atoms with Gasteiger partial charge in [0.2, 0.25) is 0 Å². The van der Waals surface area contributed by atoms with Gasteiger partial charge in [-0.25, -0.2) is 4.39 Å². The molecule has 1 aliphatic rings. The summed E-state index contributed by atoms with van der Waals surface area (Å²) in [6.45, 7) is 2.16. The van der Waals surface area contributed by atoms with Gasteiger partial charge in [0.15, 0.2) is 0 Å². The molecule has 1 aromatic carbocycles. The molecule has 2 nitrogen and oxygen atoms in total. The normalized spacial score (nSPS) is 21.0. The Labute approximate surface area is 99.7 Å². The molecule has 4 heteroatoms. The molecule has 2 rings (SSSR count). The van der Waals surface area contributed by atoms with E-state index in [0.717, 1.165) is 31.6 Å². The van der Waals surface area contributed by atoms with Crippen LogP contribution >= 0.6 is 11.6 Å². The smallest absolute Gasteiger partial charge is 0.142 e. The van der Waals surface area contributed by atoms with Crippen molar-refractivity contribution in [1.29, 1.82) is 0 Å². The van der Waals surface area contributed by atoms with Gasteiger partial charge in [-0.15, -0.1) is 0 Å². The monoisotopic (exact) mass is 243 g/mol. The number of benzene rings is 1. The molecule has 1 atom stereocenters. The molecule has 1 N–H and O–H groups in total. The highest BCUT2D eigenvalue weighted by molar-refractivity contribution is 6.31. The molecule has 1 aliphatic heterocycles. The van der Waals surface area contributed by atoms with Crippen molar-refractivity contribution in [1.82, 2.24) is 5.32 Å². The largest absolute Gasteiger partial charge is 0.380 e. The van der Waals surface area contributed by atoms with Crippen LogP contribution in [0.1, 0.15) is 18.4 Å². The molecule has 0 saturated carbocycles. The van der Waals surface area contributed by atoms with Crippen LogP contribution in [0.5, 0.6) is 0 Å². The van der Waals surface area contributed by atoms with Gasteiger partial charge in [0.25, 0.3) is 0 Å². The number of rotatable bonds is 3. The van der Waals surface area contributed by atoms with Crippen molar-refractivity contribution in [3.8, 4) is 0 Å². The van der Waals surface area contributed by atoms with Gasteiger partial charge >= 0.3 is 0 Å². The third-order valence-corrected chi connectivity index (χ3v) is 3.20. The predicted molar refractivity (Wildman–Crippen MR) is 62.1 cm³/mol. The Morgan fingerprint density at radius 3 is 3.12 bits per heavy atom. The van der Waals surface area contributed by atoms with E-state index >= 15 is 0 Å². The Hall–Kier alpha value is -0.640. The molecule has 16 heavy (non-hydrogen) atoms. The summed E-state index contributed by atoms with van der Waals surface area (Å²) in [7, 11) is 0. The molecule has 1 fully saturated rings. The number of nitrogens with one attached hydrogen (secondary N) is 1. The first-order chi connectivity index (χ1) is 7.77. The zero-order chi connectivity index (χ0) is 11.4. The lowest BCUT2D eigenvalue weighted by Gasteiger charge is -2.23. The van der Waals surface area contributed by atoms with Crippen LogP contribution in [0, 0.1) is 5.82 Å². The van der Waals surface area contributed by atoms with Crippen molar-refractivity contribution in [2.45, 2.75) is 25.4 Å². The third kappa shape index (κ3) is 2.94. The Bertz CT molecular complexity index is 353. The van der Waals surface area contributed by atoms with E-state index in [4.69, 9.17) is 16.3 Å². The maximum atomic E-state index is 13.2. The van der Waals surface area contributed by atoms with Crippen LogP contribution in [0.4, 0.5) is 4.39 Å². The minimum absolute atomic E-state index is 0.215. The maximum Gasteiger partial charge on any atom is 0.142 e. The van der Waals surface area contributed by atoms with Crippen molar-refractivity contribution >= 4 is 11.6 Å². The second-order valence-electron chi connectivity index (χ2n) is 4.01. The minimum atomic E-state index is -0.360. The van der Waals surface area contributed by atoms with E-state index in [1.165, 1.54) is 6.07 Å². The van der Waals surface area contributed by atoms with Crippen LogP contribution in [-0.2, 0) is 11.3 Å². The minimum Gasteiger partial charge on any atom is -0.380 e. The number of hydrogen-bond acceptors (Lipinski definition) is 2. The van der Waals surface area contributed by atoms with E-state index in [1.54, 1.807) is 6.07 Å². The molecule has 0 aliphatic carbocycles. The number of ether oxygens (including phenoxy) is 1. The van der Waals surface area contributed by atoms with E-state index in [9.17, 15) is 4.39 Å². The molecule has 1 aromatic rings. The van der Waals surface area contributed by atoms with Crippen LogP contribution in [0.25, 0.3) is 0 Å². The van der Waals surface area contributed by atoms with Crippen LogP contribution in [-0.4, -0.2) is 19.3 Å². The second-order valence-corrected chi connectivity index (χ2v) is 4.39. The number of halogens is 2. The van der Waals surface area contributed by atoms with E-state index in [1.807, 2.05) is 6.07 Å². The zero-order valence-corrected chi connectivity index (χ0v) is 9.77. The molecule has 0 amide bonds. The highest BCUT2D eigenvalue weighted by atomic mass is 35.5. The van der Waals surface area contributed by atoms with Gasteiger partial charge in [-0.2, -0.15) is 0 Å². The zero-order valence-electron chi connectivity index (χ0n) is 9.01. The van der Waals surface area contributed by atoms with E-state index in [2.05, 4.69) is 5.32 Å². The summed E-state index contributed by atoms with van der Waals surface area (Å²) in [6, 6.07) is 5.24. The average molecular weight is 244 g/mol. The van der Waals surface area contributed by atoms with Crippen LogP contribution < -0.4 is 5.32 Å². The number of hydrogen-bond donors (Lipinski definition) is 1. The van der Waals surface area contributed by atoms with Crippen LogP contribution in [0.3, 0.4) is 0 Å². The quantitative estimate of drug-likeness (QED) is 0.882. The van der Waals surface area contributed by atoms with Gasteiger partial charge < -0.3 is 10.1 Å². The van der Waals surface area contributed by atoms with E-state index in [0.29, 0.717) is 12.6 Å². The van der Waals surface area contributed by atoms with E-state index < -0.39 is 0 Å². The standard InChI is InChI=1S/C12H15ClFNO/c13-12-9(3-1-5-11(12)14)7-15-10-4-2-6-16-8-10/h1,3,5,10,15H,2,4,6-8H2. The molecule has 0 radical (unpaired) electrons. The molecule has 1 heterocycles. The van der Waals surface area contributed by atoms with Crippen molar-refractivity contribution in [2.24, 2.45) is 0 Å². The molecule has 0 bridgehead atoms. The maximum absolute atomic E-state index is 13.2. The summed E-state index contributed by atoms with van der Waals surface area (Å²) in [5.41, 5.74) is 0.798.